The molecule has 0 bridgehead atoms. The predicted molar refractivity (Wildman–Crippen MR) is 74.6 cm³/mol. The molecule has 3 heteroatoms. The Labute approximate surface area is 110 Å². The van der Waals surface area contributed by atoms with Gasteiger partial charge in [-0.1, -0.05) is 29.8 Å². The first-order valence-corrected chi connectivity index (χ1v) is 6.73. The summed E-state index contributed by atoms with van der Waals surface area (Å²) < 4.78 is 5.65. The summed E-state index contributed by atoms with van der Waals surface area (Å²) in [4.78, 5) is 2.38. The summed E-state index contributed by atoms with van der Waals surface area (Å²) >= 11 is 0. The van der Waals surface area contributed by atoms with Crippen molar-refractivity contribution in [1.29, 1.82) is 0 Å². The van der Waals surface area contributed by atoms with Crippen LogP contribution in [0.1, 0.15) is 30.5 Å². The predicted octanol–water partition coefficient (Wildman–Crippen LogP) is 2.10. The summed E-state index contributed by atoms with van der Waals surface area (Å²) in [5.41, 5.74) is 8.56. The molecule has 0 amide bonds. The highest BCUT2D eigenvalue weighted by Gasteiger charge is 2.31. The van der Waals surface area contributed by atoms with E-state index < -0.39 is 0 Å². The van der Waals surface area contributed by atoms with E-state index in [2.05, 4.69) is 50.1 Å². The maximum Gasteiger partial charge on any atom is 0.0703 e. The molecule has 0 spiro atoms. The standard InChI is InChI=1S/C15H24N2O/c1-11-4-6-13(7-5-11)15(10-16)17(3)14-8-9-18-12(14)2/h4-7,12,14-15H,8-10,16H2,1-3H3. The topological polar surface area (TPSA) is 38.5 Å². The van der Waals surface area contributed by atoms with Gasteiger partial charge in [-0.25, -0.2) is 0 Å². The zero-order valence-corrected chi connectivity index (χ0v) is 11.6. The Morgan fingerprint density at radius 1 is 1.39 bits per heavy atom. The first-order valence-electron chi connectivity index (χ1n) is 6.73. The minimum atomic E-state index is 0.278. The largest absolute Gasteiger partial charge is 0.377 e. The molecular weight excluding hydrogens is 224 g/mol. The zero-order chi connectivity index (χ0) is 13.1. The van der Waals surface area contributed by atoms with Crippen LogP contribution in [-0.2, 0) is 4.74 Å². The molecule has 1 saturated heterocycles. The van der Waals surface area contributed by atoms with Crippen molar-refractivity contribution in [3.05, 3.63) is 35.4 Å². The number of ether oxygens (including phenoxy) is 1. The van der Waals surface area contributed by atoms with E-state index in [-0.39, 0.29) is 6.04 Å². The van der Waals surface area contributed by atoms with E-state index in [1.807, 2.05) is 0 Å². The molecule has 3 atom stereocenters. The molecule has 3 unspecified atom stereocenters. The van der Waals surface area contributed by atoms with Crippen molar-refractivity contribution in [2.24, 2.45) is 5.73 Å². The van der Waals surface area contributed by atoms with E-state index in [9.17, 15) is 0 Å². The molecule has 0 aliphatic carbocycles. The van der Waals surface area contributed by atoms with Crippen LogP contribution in [0.25, 0.3) is 0 Å². The average Bonchev–Trinajstić information content (AvgIpc) is 2.78. The monoisotopic (exact) mass is 248 g/mol. The van der Waals surface area contributed by atoms with E-state index >= 15 is 0 Å². The molecule has 18 heavy (non-hydrogen) atoms. The molecule has 1 aliphatic rings. The maximum atomic E-state index is 5.97. The third-order valence-electron chi connectivity index (χ3n) is 4.04. The lowest BCUT2D eigenvalue weighted by Gasteiger charge is -2.34. The van der Waals surface area contributed by atoms with Crippen LogP contribution in [0.5, 0.6) is 0 Å². The van der Waals surface area contributed by atoms with Gasteiger partial charge in [0.2, 0.25) is 0 Å². The zero-order valence-electron chi connectivity index (χ0n) is 11.6. The Balaban J connectivity index is 2.14. The Bertz CT molecular complexity index is 377. The fourth-order valence-electron chi connectivity index (χ4n) is 2.81. The van der Waals surface area contributed by atoms with Gasteiger partial charge in [-0.2, -0.15) is 0 Å². The number of rotatable bonds is 4. The smallest absolute Gasteiger partial charge is 0.0703 e. The van der Waals surface area contributed by atoms with Gasteiger partial charge < -0.3 is 10.5 Å². The fourth-order valence-corrected chi connectivity index (χ4v) is 2.81. The minimum absolute atomic E-state index is 0.278. The van der Waals surface area contributed by atoms with E-state index in [4.69, 9.17) is 10.5 Å². The van der Waals surface area contributed by atoms with Crippen molar-refractivity contribution in [2.75, 3.05) is 20.2 Å². The first-order chi connectivity index (χ1) is 8.63. The van der Waals surface area contributed by atoms with Crippen LogP contribution >= 0.6 is 0 Å². The third kappa shape index (κ3) is 2.74. The van der Waals surface area contributed by atoms with E-state index in [1.54, 1.807) is 0 Å². The first kappa shape index (κ1) is 13.5. The minimum Gasteiger partial charge on any atom is -0.377 e. The molecule has 2 N–H and O–H groups in total. The molecule has 0 radical (unpaired) electrons. The van der Waals surface area contributed by atoms with Crippen molar-refractivity contribution < 1.29 is 4.74 Å². The Kier molecular flexibility index (Phi) is 4.38. The van der Waals surface area contributed by atoms with Gasteiger partial charge in [0.05, 0.1) is 6.10 Å². The van der Waals surface area contributed by atoms with Gasteiger partial charge in [0.25, 0.3) is 0 Å². The van der Waals surface area contributed by atoms with Crippen LogP contribution in [0.4, 0.5) is 0 Å². The lowest BCUT2D eigenvalue weighted by molar-refractivity contribution is 0.0686. The highest BCUT2D eigenvalue weighted by molar-refractivity contribution is 5.24. The number of nitrogens with zero attached hydrogens (tertiary/aromatic N) is 1. The number of hydrogen-bond donors (Lipinski definition) is 1. The van der Waals surface area contributed by atoms with Crippen molar-refractivity contribution in [3.63, 3.8) is 0 Å². The van der Waals surface area contributed by atoms with Gasteiger partial charge in [0.15, 0.2) is 0 Å². The summed E-state index contributed by atoms with van der Waals surface area (Å²) in [7, 11) is 2.16. The molecule has 100 valence electrons. The molecule has 2 rings (SSSR count). The van der Waals surface area contributed by atoms with Crippen LogP contribution in [0.3, 0.4) is 0 Å². The highest BCUT2D eigenvalue weighted by Crippen LogP contribution is 2.27. The highest BCUT2D eigenvalue weighted by atomic mass is 16.5. The van der Waals surface area contributed by atoms with E-state index in [1.165, 1.54) is 11.1 Å². The average molecular weight is 248 g/mol. The number of benzene rings is 1. The molecule has 1 aromatic rings. The number of hydrogen-bond acceptors (Lipinski definition) is 3. The molecule has 1 aromatic carbocycles. The normalized spacial score (nSPS) is 25.6. The SMILES string of the molecule is Cc1ccc(C(CN)N(C)C2CCOC2C)cc1. The van der Waals surface area contributed by atoms with Crippen LogP contribution in [0, 0.1) is 6.92 Å². The Morgan fingerprint density at radius 2 is 2.06 bits per heavy atom. The van der Waals surface area contributed by atoms with Crippen molar-refractivity contribution in [3.8, 4) is 0 Å². The molecule has 1 fully saturated rings. The summed E-state index contributed by atoms with van der Waals surface area (Å²) in [5, 5.41) is 0. The second-order valence-electron chi connectivity index (χ2n) is 5.26. The van der Waals surface area contributed by atoms with Gasteiger partial charge in [0, 0.05) is 25.2 Å². The van der Waals surface area contributed by atoms with Crippen LogP contribution < -0.4 is 5.73 Å². The quantitative estimate of drug-likeness (QED) is 0.887. The summed E-state index contributed by atoms with van der Waals surface area (Å²) in [5.74, 6) is 0. The van der Waals surface area contributed by atoms with Crippen LogP contribution in [-0.4, -0.2) is 37.2 Å². The van der Waals surface area contributed by atoms with Gasteiger partial charge >= 0.3 is 0 Å². The molecule has 0 saturated carbocycles. The van der Waals surface area contributed by atoms with Crippen LogP contribution in [0.15, 0.2) is 24.3 Å². The molecule has 3 nitrogen and oxygen atoms in total. The Hall–Kier alpha value is -0.900. The Morgan fingerprint density at radius 3 is 2.56 bits per heavy atom. The molecule has 0 aromatic heterocycles. The van der Waals surface area contributed by atoms with Gasteiger partial charge in [-0.05, 0) is 32.9 Å². The third-order valence-corrected chi connectivity index (χ3v) is 4.04. The van der Waals surface area contributed by atoms with E-state index in [0.717, 1.165) is 13.0 Å². The van der Waals surface area contributed by atoms with Crippen molar-refractivity contribution in [2.45, 2.75) is 38.5 Å². The number of aryl methyl sites for hydroxylation is 1. The summed E-state index contributed by atoms with van der Waals surface area (Å²) in [6, 6.07) is 9.42. The second-order valence-corrected chi connectivity index (χ2v) is 5.26. The fraction of sp³-hybridized carbons (Fsp3) is 0.600. The van der Waals surface area contributed by atoms with Crippen molar-refractivity contribution >= 4 is 0 Å². The lowest BCUT2D eigenvalue weighted by Crippen LogP contribution is -2.42. The second kappa shape index (κ2) is 5.83. The molecule has 1 heterocycles. The number of nitrogens with two attached hydrogens (primary N) is 1. The molecule has 1 aliphatic heterocycles. The van der Waals surface area contributed by atoms with Crippen LogP contribution in [0.2, 0.25) is 0 Å². The molecular formula is C15H24N2O. The van der Waals surface area contributed by atoms with E-state index in [0.29, 0.717) is 18.7 Å². The van der Waals surface area contributed by atoms with Gasteiger partial charge in [-0.3, -0.25) is 4.90 Å². The van der Waals surface area contributed by atoms with Gasteiger partial charge in [0.1, 0.15) is 0 Å². The van der Waals surface area contributed by atoms with Gasteiger partial charge in [-0.15, -0.1) is 0 Å². The summed E-state index contributed by atoms with van der Waals surface area (Å²) in [6.45, 7) is 5.76. The lowest BCUT2D eigenvalue weighted by atomic mass is 10.0. The summed E-state index contributed by atoms with van der Waals surface area (Å²) in [6.07, 6.45) is 1.40. The van der Waals surface area contributed by atoms with Crippen molar-refractivity contribution in [1.82, 2.24) is 4.90 Å². The maximum absolute atomic E-state index is 5.97. The number of likely N-dealkylation sites (N-methyl/N-ethyl adjacent to an activating group) is 1.